The van der Waals surface area contributed by atoms with Crippen LogP contribution in [0.15, 0.2) is 16.7 Å². The van der Waals surface area contributed by atoms with Gasteiger partial charge in [-0.05, 0) is 18.9 Å². The number of rotatable bonds is 6. The number of hydrogen-bond donors (Lipinski definition) is 1. The third-order valence-electron chi connectivity index (χ3n) is 2.35. The number of ether oxygens (including phenoxy) is 1. The fourth-order valence-corrected chi connectivity index (χ4v) is 1.40. The van der Waals surface area contributed by atoms with Gasteiger partial charge in [0.25, 0.3) is 0 Å². The molecule has 0 saturated carbocycles. The molecule has 18 heavy (non-hydrogen) atoms. The number of aromatic nitrogens is 4. The molecule has 0 bridgehead atoms. The fourth-order valence-electron chi connectivity index (χ4n) is 1.40. The molecule has 0 saturated heterocycles. The van der Waals surface area contributed by atoms with Gasteiger partial charge in [0.2, 0.25) is 17.6 Å². The average molecular weight is 250 g/mol. The second kappa shape index (κ2) is 6.06. The van der Waals surface area contributed by atoms with E-state index in [1.54, 1.807) is 12.1 Å². The van der Waals surface area contributed by atoms with Crippen LogP contribution in [0.3, 0.4) is 0 Å². The Hall–Kier alpha value is -2.02. The van der Waals surface area contributed by atoms with Crippen molar-refractivity contribution in [1.82, 2.24) is 20.3 Å². The van der Waals surface area contributed by atoms with Gasteiger partial charge in [-0.25, -0.2) is 0 Å². The average Bonchev–Trinajstić information content (AvgIpc) is 2.88. The first kappa shape index (κ1) is 12.4. The van der Waals surface area contributed by atoms with Crippen molar-refractivity contribution in [2.24, 2.45) is 0 Å². The van der Waals surface area contributed by atoms with E-state index in [4.69, 9.17) is 14.4 Å². The maximum Gasteiger partial charge on any atom is 0.233 e. The molecule has 0 spiro atoms. The van der Waals surface area contributed by atoms with Gasteiger partial charge >= 0.3 is 0 Å². The van der Waals surface area contributed by atoms with Crippen molar-refractivity contribution in [3.8, 4) is 17.4 Å². The molecule has 2 aromatic rings. The minimum atomic E-state index is 0.172. The van der Waals surface area contributed by atoms with Gasteiger partial charge in [-0.2, -0.15) is 4.98 Å². The molecule has 0 aliphatic carbocycles. The van der Waals surface area contributed by atoms with Crippen LogP contribution in [0.2, 0.25) is 0 Å². The molecule has 0 atom stereocenters. The molecular weight excluding hydrogens is 236 g/mol. The predicted octanol–water partition coefficient (Wildman–Crippen LogP) is 0.850. The number of methoxy groups -OCH3 is 1. The summed E-state index contributed by atoms with van der Waals surface area (Å²) in [6, 6.07) is 3.40. The highest BCUT2D eigenvalue weighted by molar-refractivity contribution is 5.47. The number of hydrogen-bond acceptors (Lipinski definition) is 7. The molecule has 0 aliphatic rings. The minimum absolute atomic E-state index is 0.172. The Bertz CT molecular complexity index is 483. The van der Waals surface area contributed by atoms with Crippen LogP contribution < -0.4 is 4.74 Å². The highest BCUT2D eigenvalue weighted by Crippen LogP contribution is 2.15. The summed E-state index contributed by atoms with van der Waals surface area (Å²) in [5.74, 6) is 1.38. The summed E-state index contributed by atoms with van der Waals surface area (Å²) in [5, 5.41) is 20.3. The molecule has 0 aliphatic heterocycles. The SMILES string of the molecule is COc1ccc(-c2noc(CCCCO)n2)nn1. The number of unbranched alkanes of at least 4 members (excludes halogenated alkanes) is 1. The van der Waals surface area contributed by atoms with Gasteiger partial charge in [0, 0.05) is 19.1 Å². The first-order valence-electron chi connectivity index (χ1n) is 5.65. The van der Waals surface area contributed by atoms with Crippen LogP contribution in [-0.2, 0) is 6.42 Å². The third kappa shape index (κ3) is 3.01. The van der Waals surface area contributed by atoms with Crippen LogP contribution in [0, 0.1) is 0 Å². The van der Waals surface area contributed by atoms with Crippen molar-refractivity contribution in [2.45, 2.75) is 19.3 Å². The van der Waals surface area contributed by atoms with E-state index < -0.39 is 0 Å². The molecule has 2 rings (SSSR count). The number of aliphatic hydroxyl groups excluding tert-OH is 1. The van der Waals surface area contributed by atoms with Crippen LogP contribution in [0.1, 0.15) is 18.7 Å². The molecular formula is C11H14N4O3. The Morgan fingerprint density at radius 2 is 2.17 bits per heavy atom. The van der Waals surface area contributed by atoms with E-state index in [-0.39, 0.29) is 6.61 Å². The van der Waals surface area contributed by atoms with Crippen LogP contribution in [0.5, 0.6) is 5.88 Å². The summed E-state index contributed by atoms with van der Waals surface area (Å²) in [4.78, 5) is 4.21. The van der Waals surface area contributed by atoms with Gasteiger partial charge in [-0.15, -0.1) is 10.2 Å². The highest BCUT2D eigenvalue weighted by Gasteiger charge is 2.10. The number of nitrogens with zero attached hydrogens (tertiary/aromatic N) is 4. The standard InChI is InChI=1S/C11H14N4O3/c1-17-10-6-5-8(13-14-10)11-12-9(18-15-11)4-2-3-7-16/h5-6,16H,2-4,7H2,1H3. The van der Waals surface area contributed by atoms with Crippen LogP contribution in [-0.4, -0.2) is 39.2 Å². The van der Waals surface area contributed by atoms with Gasteiger partial charge < -0.3 is 14.4 Å². The largest absolute Gasteiger partial charge is 0.480 e. The zero-order valence-electron chi connectivity index (χ0n) is 10.0. The topological polar surface area (TPSA) is 94.2 Å². The zero-order valence-corrected chi connectivity index (χ0v) is 10.0. The van der Waals surface area contributed by atoms with Crippen LogP contribution in [0.4, 0.5) is 0 Å². The molecule has 0 fully saturated rings. The summed E-state index contributed by atoms with van der Waals surface area (Å²) in [6.45, 7) is 0.172. The third-order valence-corrected chi connectivity index (χ3v) is 2.35. The minimum Gasteiger partial charge on any atom is -0.480 e. The van der Waals surface area contributed by atoms with Gasteiger partial charge in [0.1, 0.15) is 5.69 Å². The highest BCUT2D eigenvalue weighted by atomic mass is 16.5. The van der Waals surface area contributed by atoms with Crippen molar-refractivity contribution >= 4 is 0 Å². The Morgan fingerprint density at radius 3 is 2.83 bits per heavy atom. The van der Waals surface area contributed by atoms with Gasteiger partial charge in [-0.3, -0.25) is 0 Å². The van der Waals surface area contributed by atoms with Crippen molar-refractivity contribution in [2.75, 3.05) is 13.7 Å². The Morgan fingerprint density at radius 1 is 1.28 bits per heavy atom. The molecule has 0 aromatic carbocycles. The lowest BCUT2D eigenvalue weighted by Crippen LogP contribution is -1.93. The van der Waals surface area contributed by atoms with Crippen LogP contribution >= 0.6 is 0 Å². The quantitative estimate of drug-likeness (QED) is 0.759. The lowest BCUT2D eigenvalue weighted by Gasteiger charge is -1.96. The van der Waals surface area contributed by atoms with E-state index in [9.17, 15) is 0 Å². The molecule has 96 valence electrons. The van der Waals surface area contributed by atoms with E-state index in [1.165, 1.54) is 7.11 Å². The Balaban J connectivity index is 2.04. The van der Waals surface area contributed by atoms with Gasteiger partial charge in [0.15, 0.2) is 0 Å². The van der Waals surface area contributed by atoms with E-state index in [2.05, 4.69) is 20.3 Å². The lowest BCUT2D eigenvalue weighted by molar-refractivity contribution is 0.281. The Labute approximate surface area is 104 Å². The summed E-state index contributed by atoms with van der Waals surface area (Å²) in [6.07, 6.45) is 2.18. The number of aliphatic hydroxyl groups is 1. The van der Waals surface area contributed by atoms with E-state index in [0.29, 0.717) is 29.7 Å². The van der Waals surface area contributed by atoms with Crippen LogP contribution in [0.25, 0.3) is 11.5 Å². The first-order chi connectivity index (χ1) is 8.83. The van der Waals surface area contributed by atoms with E-state index in [1.807, 2.05) is 0 Å². The maximum atomic E-state index is 8.68. The monoisotopic (exact) mass is 250 g/mol. The Kier molecular flexibility index (Phi) is 4.19. The summed E-state index contributed by atoms with van der Waals surface area (Å²) in [5.41, 5.74) is 0.535. The van der Waals surface area contributed by atoms with Gasteiger partial charge in [0.05, 0.1) is 7.11 Å². The van der Waals surface area contributed by atoms with Gasteiger partial charge in [-0.1, -0.05) is 5.16 Å². The molecule has 7 heteroatoms. The summed E-state index contributed by atoms with van der Waals surface area (Å²) >= 11 is 0. The van der Waals surface area contributed by atoms with E-state index in [0.717, 1.165) is 12.8 Å². The molecule has 0 radical (unpaired) electrons. The normalized spacial score (nSPS) is 10.6. The smallest absolute Gasteiger partial charge is 0.233 e. The molecule has 2 heterocycles. The molecule has 0 unspecified atom stereocenters. The van der Waals surface area contributed by atoms with Crippen molar-refractivity contribution in [3.05, 3.63) is 18.0 Å². The predicted molar refractivity (Wildman–Crippen MR) is 61.9 cm³/mol. The molecule has 1 N–H and O–H groups in total. The first-order valence-corrected chi connectivity index (χ1v) is 5.65. The maximum absolute atomic E-state index is 8.68. The lowest BCUT2D eigenvalue weighted by atomic mass is 10.2. The van der Waals surface area contributed by atoms with Crippen molar-refractivity contribution in [3.63, 3.8) is 0 Å². The molecule has 2 aromatic heterocycles. The van der Waals surface area contributed by atoms with E-state index >= 15 is 0 Å². The molecule has 0 amide bonds. The summed E-state index contributed by atoms with van der Waals surface area (Å²) < 4.78 is 9.99. The fraction of sp³-hybridized carbons (Fsp3) is 0.455. The number of aryl methyl sites for hydroxylation is 1. The second-order valence-electron chi connectivity index (χ2n) is 3.65. The molecule has 7 nitrogen and oxygen atoms in total. The second-order valence-corrected chi connectivity index (χ2v) is 3.65. The zero-order chi connectivity index (χ0) is 12.8. The summed E-state index contributed by atoms with van der Waals surface area (Å²) in [7, 11) is 1.53. The van der Waals surface area contributed by atoms with Crippen molar-refractivity contribution in [1.29, 1.82) is 0 Å². The van der Waals surface area contributed by atoms with Crippen molar-refractivity contribution < 1.29 is 14.4 Å².